The first kappa shape index (κ1) is 19.9. The van der Waals surface area contributed by atoms with Crippen LogP contribution in [0.2, 0.25) is 0 Å². The summed E-state index contributed by atoms with van der Waals surface area (Å²) in [4.78, 5) is 18.7. The second-order valence-electron chi connectivity index (χ2n) is 7.69. The Morgan fingerprint density at radius 1 is 1.22 bits per heavy atom. The number of nitriles is 1. The van der Waals surface area contributed by atoms with Crippen LogP contribution in [0.5, 0.6) is 5.75 Å². The molecule has 32 heavy (non-hydrogen) atoms. The van der Waals surface area contributed by atoms with Gasteiger partial charge in [0.2, 0.25) is 5.91 Å². The van der Waals surface area contributed by atoms with Crippen molar-refractivity contribution in [1.29, 1.82) is 5.26 Å². The molecule has 2 aromatic heterocycles. The van der Waals surface area contributed by atoms with Gasteiger partial charge in [0.15, 0.2) is 11.3 Å². The molecule has 3 heterocycles. The second-order valence-corrected chi connectivity index (χ2v) is 7.69. The van der Waals surface area contributed by atoms with E-state index >= 15 is 0 Å². The van der Waals surface area contributed by atoms with E-state index in [1.807, 2.05) is 12.1 Å². The number of carbonyl (C=O) groups is 1. The highest BCUT2D eigenvalue weighted by atomic mass is 19.3. The highest BCUT2D eigenvalue weighted by Gasteiger charge is 2.33. The van der Waals surface area contributed by atoms with Gasteiger partial charge in [-0.1, -0.05) is 18.2 Å². The van der Waals surface area contributed by atoms with Crippen molar-refractivity contribution in [3.8, 4) is 11.8 Å². The number of benzene rings is 2. The molecule has 4 aromatic rings. The predicted octanol–water partition coefficient (Wildman–Crippen LogP) is 4.97. The van der Waals surface area contributed by atoms with E-state index in [1.54, 1.807) is 41.6 Å². The van der Waals surface area contributed by atoms with Gasteiger partial charge >= 0.3 is 6.61 Å². The van der Waals surface area contributed by atoms with Crippen LogP contribution in [0.4, 0.5) is 8.78 Å². The molecule has 0 aliphatic carbocycles. The number of ether oxygens (including phenoxy) is 1. The van der Waals surface area contributed by atoms with E-state index in [9.17, 15) is 13.6 Å². The van der Waals surface area contributed by atoms with Gasteiger partial charge in [0.05, 0.1) is 11.6 Å². The largest absolute Gasteiger partial charge is 0.452 e. The number of hydrogen-bond donors (Lipinski definition) is 0. The Bertz CT molecular complexity index is 1360. The van der Waals surface area contributed by atoms with E-state index in [0.717, 1.165) is 11.1 Å². The Morgan fingerprint density at radius 3 is 2.78 bits per heavy atom. The van der Waals surface area contributed by atoms with E-state index < -0.39 is 6.61 Å². The van der Waals surface area contributed by atoms with Gasteiger partial charge in [0.1, 0.15) is 5.58 Å². The van der Waals surface area contributed by atoms with Crippen molar-refractivity contribution in [3.05, 3.63) is 71.5 Å². The Balaban J connectivity index is 1.50. The van der Waals surface area contributed by atoms with Crippen LogP contribution in [-0.2, 0) is 11.3 Å². The molecule has 1 fully saturated rings. The molecule has 1 aliphatic rings. The normalized spacial score (nSPS) is 16.2. The Hall–Kier alpha value is -3.99. The van der Waals surface area contributed by atoms with Gasteiger partial charge in [0, 0.05) is 48.6 Å². The minimum absolute atomic E-state index is 0.00587. The van der Waals surface area contributed by atoms with Gasteiger partial charge in [-0.2, -0.15) is 14.0 Å². The third kappa shape index (κ3) is 3.52. The number of carbonyl (C=O) groups excluding carboxylic acids is 1. The van der Waals surface area contributed by atoms with Gasteiger partial charge in [-0.05, 0) is 35.4 Å². The molecule has 1 aliphatic heterocycles. The maximum atomic E-state index is 12.9. The fraction of sp³-hybridized carbons (Fsp3) is 0.208. The predicted molar refractivity (Wildman–Crippen MR) is 112 cm³/mol. The zero-order chi connectivity index (χ0) is 22.2. The number of alkyl halides is 2. The zero-order valence-corrected chi connectivity index (χ0v) is 16.8. The van der Waals surface area contributed by atoms with Crippen molar-refractivity contribution < 1.29 is 22.7 Å². The number of halogens is 2. The molecule has 6 nitrogen and oxygen atoms in total. The van der Waals surface area contributed by atoms with E-state index in [-0.39, 0.29) is 23.2 Å². The van der Waals surface area contributed by atoms with Crippen molar-refractivity contribution in [2.45, 2.75) is 25.5 Å². The second kappa shape index (κ2) is 7.93. The first-order chi connectivity index (χ1) is 15.5. The van der Waals surface area contributed by atoms with E-state index in [1.165, 1.54) is 6.07 Å². The Morgan fingerprint density at radius 2 is 2.03 bits per heavy atom. The maximum Gasteiger partial charge on any atom is 0.387 e. The lowest BCUT2D eigenvalue weighted by Gasteiger charge is -2.17. The number of rotatable bonds is 5. The number of fused-ring (bicyclic) bond motifs is 3. The lowest BCUT2D eigenvalue weighted by Crippen LogP contribution is -2.24. The standard InChI is InChI=1S/C24H17F2N3O3/c25-24(26)32-20-6-5-17(22-18-11-28-8-7-19(18)31-23(20)22)16-9-21(30)29(13-16)12-15-3-1-14(10-27)2-4-15/h1-8,11,16,24H,9,12-13H2. The fourth-order valence-electron chi connectivity index (χ4n) is 4.29. The van der Waals surface area contributed by atoms with Crippen LogP contribution in [0, 0.1) is 11.3 Å². The van der Waals surface area contributed by atoms with Crippen molar-refractivity contribution in [1.82, 2.24) is 9.88 Å². The van der Waals surface area contributed by atoms with Crippen LogP contribution in [0.3, 0.4) is 0 Å². The summed E-state index contributed by atoms with van der Waals surface area (Å²) in [6, 6.07) is 14.1. The molecule has 0 bridgehead atoms. The summed E-state index contributed by atoms with van der Waals surface area (Å²) >= 11 is 0. The number of aromatic nitrogens is 1. The smallest absolute Gasteiger partial charge is 0.387 e. The Kier molecular flexibility index (Phi) is 4.94. The number of likely N-dealkylation sites (tertiary alicyclic amines) is 1. The van der Waals surface area contributed by atoms with Gasteiger partial charge in [0.25, 0.3) is 0 Å². The molecule has 8 heteroatoms. The van der Waals surface area contributed by atoms with Crippen molar-refractivity contribution in [2.75, 3.05) is 6.54 Å². The molecule has 2 aromatic carbocycles. The van der Waals surface area contributed by atoms with Crippen LogP contribution in [0.15, 0.2) is 59.3 Å². The molecule has 1 atom stereocenters. The van der Waals surface area contributed by atoms with Gasteiger partial charge < -0.3 is 14.1 Å². The highest BCUT2D eigenvalue weighted by Crippen LogP contribution is 2.42. The van der Waals surface area contributed by atoms with Crippen LogP contribution >= 0.6 is 0 Å². The minimum atomic E-state index is -2.98. The summed E-state index contributed by atoms with van der Waals surface area (Å²) < 4.78 is 36.3. The van der Waals surface area contributed by atoms with Crippen molar-refractivity contribution in [3.63, 3.8) is 0 Å². The van der Waals surface area contributed by atoms with Crippen LogP contribution < -0.4 is 4.74 Å². The number of hydrogen-bond acceptors (Lipinski definition) is 5. The third-order valence-electron chi connectivity index (χ3n) is 5.74. The van der Waals surface area contributed by atoms with Crippen LogP contribution in [0.1, 0.15) is 29.0 Å². The summed E-state index contributed by atoms with van der Waals surface area (Å²) in [6.45, 7) is -2.06. The zero-order valence-electron chi connectivity index (χ0n) is 16.8. The topological polar surface area (TPSA) is 79.4 Å². The molecule has 1 amide bonds. The minimum Gasteiger partial charge on any atom is -0.452 e. The molecule has 5 rings (SSSR count). The Labute approximate surface area is 181 Å². The van der Waals surface area contributed by atoms with Gasteiger partial charge in [-0.3, -0.25) is 9.78 Å². The SMILES string of the molecule is N#Cc1ccc(CN2CC(c3ccc(OC(F)F)c4oc5ccncc5c34)CC2=O)cc1. The molecule has 1 saturated heterocycles. The number of pyridine rings is 1. The van der Waals surface area contributed by atoms with Crippen LogP contribution in [0.25, 0.3) is 21.9 Å². The average Bonchev–Trinajstić information content (AvgIpc) is 3.35. The summed E-state index contributed by atoms with van der Waals surface area (Å²) in [6.07, 6.45) is 3.49. The molecule has 160 valence electrons. The maximum absolute atomic E-state index is 12.9. The molecule has 0 saturated carbocycles. The number of amides is 1. The lowest BCUT2D eigenvalue weighted by atomic mass is 9.93. The lowest BCUT2D eigenvalue weighted by molar-refractivity contribution is -0.128. The first-order valence-electron chi connectivity index (χ1n) is 10.0. The molecular weight excluding hydrogens is 416 g/mol. The number of nitrogens with zero attached hydrogens (tertiary/aromatic N) is 3. The number of furan rings is 1. The first-order valence-corrected chi connectivity index (χ1v) is 10.0. The summed E-state index contributed by atoms with van der Waals surface area (Å²) in [7, 11) is 0. The summed E-state index contributed by atoms with van der Waals surface area (Å²) in [5, 5.41) is 10.3. The summed E-state index contributed by atoms with van der Waals surface area (Å²) in [5.74, 6) is -0.176. The molecule has 0 radical (unpaired) electrons. The van der Waals surface area contributed by atoms with Gasteiger partial charge in [-0.15, -0.1) is 0 Å². The quantitative estimate of drug-likeness (QED) is 0.444. The van der Waals surface area contributed by atoms with Crippen molar-refractivity contribution in [2.24, 2.45) is 0 Å². The monoisotopic (exact) mass is 433 g/mol. The van der Waals surface area contributed by atoms with Crippen molar-refractivity contribution >= 4 is 27.8 Å². The molecule has 0 spiro atoms. The van der Waals surface area contributed by atoms with E-state index in [4.69, 9.17) is 9.68 Å². The molecular formula is C24H17F2N3O3. The molecule has 1 unspecified atom stereocenters. The molecule has 0 N–H and O–H groups in total. The summed E-state index contributed by atoms with van der Waals surface area (Å²) in [5.41, 5.74) is 3.07. The highest BCUT2D eigenvalue weighted by molar-refractivity contribution is 6.08. The van der Waals surface area contributed by atoms with E-state index in [0.29, 0.717) is 41.4 Å². The third-order valence-corrected chi connectivity index (χ3v) is 5.74. The van der Waals surface area contributed by atoms with Crippen LogP contribution in [-0.4, -0.2) is 28.9 Å². The van der Waals surface area contributed by atoms with Gasteiger partial charge in [-0.25, -0.2) is 0 Å². The van der Waals surface area contributed by atoms with E-state index in [2.05, 4.69) is 15.8 Å². The average molecular weight is 433 g/mol. The fourth-order valence-corrected chi connectivity index (χ4v) is 4.29.